The van der Waals surface area contributed by atoms with E-state index < -0.39 is 0 Å². The van der Waals surface area contributed by atoms with Crippen LogP contribution in [0.2, 0.25) is 0 Å². The molecule has 0 saturated carbocycles. The van der Waals surface area contributed by atoms with E-state index >= 15 is 0 Å². The van der Waals surface area contributed by atoms with Crippen LogP contribution in [0.25, 0.3) is 5.70 Å². The van der Waals surface area contributed by atoms with Crippen molar-refractivity contribution in [2.45, 2.75) is 12.1 Å². The van der Waals surface area contributed by atoms with Gasteiger partial charge in [0.05, 0.1) is 5.92 Å². The van der Waals surface area contributed by atoms with Crippen molar-refractivity contribution >= 4 is 11.6 Å². The molecule has 1 aromatic heterocycles. The van der Waals surface area contributed by atoms with E-state index in [1.165, 1.54) is 0 Å². The molecular weight excluding hydrogens is 332 g/mol. The number of hydrazine groups is 1. The van der Waals surface area contributed by atoms with Gasteiger partial charge in [-0.15, -0.1) is 0 Å². The predicted octanol–water partition coefficient (Wildman–Crippen LogP) is 1.25. The highest BCUT2D eigenvalue weighted by Crippen LogP contribution is 2.35. The first-order valence-corrected chi connectivity index (χ1v) is 8.65. The summed E-state index contributed by atoms with van der Waals surface area (Å²) >= 11 is 0. The van der Waals surface area contributed by atoms with E-state index in [9.17, 15) is 4.79 Å². The quantitative estimate of drug-likeness (QED) is 0.849. The van der Waals surface area contributed by atoms with Gasteiger partial charge in [-0.2, -0.15) is 0 Å². The summed E-state index contributed by atoms with van der Waals surface area (Å²) in [5.41, 5.74) is 5.80. The molecule has 3 aliphatic heterocycles. The van der Waals surface area contributed by atoms with Crippen LogP contribution < -0.4 is 20.2 Å². The summed E-state index contributed by atoms with van der Waals surface area (Å²) in [6.45, 7) is 1.74. The maximum atomic E-state index is 12.6. The molecule has 5 rings (SSSR count). The van der Waals surface area contributed by atoms with E-state index in [-0.39, 0.29) is 18.0 Å². The molecule has 2 N–H and O–H groups in total. The lowest BCUT2D eigenvalue weighted by molar-refractivity contribution is -0.130. The third-order valence-corrected chi connectivity index (χ3v) is 4.87. The molecule has 26 heavy (non-hydrogen) atoms. The molecule has 2 atom stereocenters. The van der Waals surface area contributed by atoms with Crippen molar-refractivity contribution in [1.82, 2.24) is 20.7 Å². The molecule has 1 aromatic carbocycles. The average Bonchev–Trinajstić information content (AvgIpc) is 3.13. The Bertz CT molecular complexity index is 884. The summed E-state index contributed by atoms with van der Waals surface area (Å²) in [6, 6.07) is 11.6. The Hall–Kier alpha value is -3.06. The van der Waals surface area contributed by atoms with Gasteiger partial charge >= 0.3 is 0 Å². The second-order valence-electron chi connectivity index (χ2n) is 6.44. The van der Waals surface area contributed by atoms with E-state index in [0.29, 0.717) is 25.5 Å². The van der Waals surface area contributed by atoms with Crippen LogP contribution in [0.4, 0.5) is 0 Å². The molecule has 2 unspecified atom stereocenters. The summed E-state index contributed by atoms with van der Waals surface area (Å²) in [6.07, 6.45) is 3.20. The molecule has 3 aliphatic rings. The number of carbonyl (C=O) groups excluding carboxylic acids is 1. The standard InChI is InChI=1S/C19H18N4O3/c24-18-10-15(12-4-5-16-17(9-12)26-8-7-25-16)22-19-13(11-21-23(18)19)14-3-1-2-6-20-14/h1-6,9-10,13,19,21-22H,7-8,11H2. The maximum absolute atomic E-state index is 12.6. The number of hydrogen-bond donors (Lipinski definition) is 2. The Balaban J connectivity index is 1.46. The second-order valence-corrected chi connectivity index (χ2v) is 6.44. The van der Waals surface area contributed by atoms with Gasteiger partial charge in [0.15, 0.2) is 11.5 Å². The number of rotatable bonds is 2. The van der Waals surface area contributed by atoms with Crippen molar-refractivity contribution < 1.29 is 14.3 Å². The van der Waals surface area contributed by atoms with Gasteiger partial charge in [0.25, 0.3) is 5.91 Å². The Morgan fingerprint density at radius 3 is 2.85 bits per heavy atom. The van der Waals surface area contributed by atoms with Crippen molar-refractivity contribution in [2.24, 2.45) is 0 Å². The first kappa shape index (κ1) is 15.2. The summed E-state index contributed by atoms with van der Waals surface area (Å²) in [5.74, 6) is 1.44. The second kappa shape index (κ2) is 6.03. The number of benzene rings is 1. The van der Waals surface area contributed by atoms with Crippen molar-refractivity contribution in [2.75, 3.05) is 19.8 Å². The lowest BCUT2D eigenvalue weighted by atomic mass is 9.99. The number of carbonyl (C=O) groups is 1. The predicted molar refractivity (Wildman–Crippen MR) is 94.2 cm³/mol. The molecule has 1 amide bonds. The number of amides is 1. The van der Waals surface area contributed by atoms with Gasteiger partial charge in [0, 0.05) is 35.8 Å². The normalized spacial score (nSPS) is 23.9. The molecule has 2 aromatic rings. The van der Waals surface area contributed by atoms with E-state index in [2.05, 4.69) is 15.7 Å². The van der Waals surface area contributed by atoms with Gasteiger partial charge in [0.1, 0.15) is 19.4 Å². The van der Waals surface area contributed by atoms with Crippen molar-refractivity contribution in [3.63, 3.8) is 0 Å². The van der Waals surface area contributed by atoms with Gasteiger partial charge < -0.3 is 14.8 Å². The van der Waals surface area contributed by atoms with Gasteiger partial charge in [0.2, 0.25) is 0 Å². The molecule has 1 fully saturated rings. The van der Waals surface area contributed by atoms with Crippen LogP contribution in [0, 0.1) is 0 Å². The van der Waals surface area contributed by atoms with E-state index in [0.717, 1.165) is 22.7 Å². The molecule has 132 valence electrons. The highest BCUT2D eigenvalue weighted by molar-refractivity contribution is 5.97. The Labute approximate surface area is 150 Å². The van der Waals surface area contributed by atoms with Crippen molar-refractivity contribution in [3.8, 4) is 11.5 Å². The van der Waals surface area contributed by atoms with Gasteiger partial charge in [-0.1, -0.05) is 6.07 Å². The summed E-state index contributed by atoms with van der Waals surface area (Å²) in [5, 5.41) is 5.12. The monoisotopic (exact) mass is 350 g/mol. The third kappa shape index (κ3) is 2.48. The van der Waals surface area contributed by atoms with Crippen molar-refractivity contribution in [1.29, 1.82) is 0 Å². The van der Waals surface area contributed by atoms with E-state index in [1.807, 2.05) is 36.4 Å². The maximum Gasteiger partial charge on any atom is 0.264 e. The first-order valence-electron chi connectivity index (χ1n) is 8.65. The fraction of sp³-hybridized carbons (Fsp3) is 0.263. The van der Waals surface area contributed by atoms with E-state index in [1.54, 1.807) is 17.3 Å². The zero-order valence-electron chi connectivity index (χ0n) is 14.0. The lowest BCUT2D eigenvalue weighted by Gasteiger charge is -2.33. The van der Waals surface area contributed by atoms with Crippen LogP contribution in [0.3, 0.4) is 0 Å². The minimum absolute atomic E-state index is 0.0704. The summed E-state index contributed by atoms with van der Waals surface area (Å²) in [4.78, 5) is 17.1. The molecule has 4 heterocycles. The summed E-state index contributed by atoms with van der Waals surface area (Å²) in [7, 11) is 0. The minimum Gasteiger partial charge on any atom is -0.486 e. The molecule has 0 spiro atoms. The van der Waals surface area contributed by atoms with Crippen LogP contribution in [0.5, 0.6) is 11.5 Å². The number of aromatic nitrogens is 1. The molecule has 7 nitrogen and oxygen atoms in total. The minimum atomic E-state index is -0.189. The SMILES string of the molecule is O=C1C=C(c2ccc3c(c2)OCCO3)NC2C(c3ccccn3)CNN12. The van der Waals surface area contributed by atoms with E-state index in [4.69, 9.17) is 9.47 Å². The molecule has 0 aliphatic carbocycles. The van der Waals surface area contributed by atoms with Crippen LogP contribution in [0.1, 0.15) is 17.2 Å². The zero-order valence-corrected chi connectivity index (χ0v) is 14.0. The molecular formula is C19H18N4O3. The zero-order chi connectivity index (χ0) is 17.5. The fourth-order valence-corrected chi connectivity index (χ4v) is 3.60. The molecule has 0 radical (unpaired) electrons. The number of nitrogens with zero attached hydrogens (tertiary/aromatic N) is 2. The van der Waals surface area contributed by atoms with Gasteiger partial charge in [-0.3, -0.25) is 14.8 Å². The largest absolute Gasteiger partial charge is 0.486 e. The Kier molecular flexibility index (Phi) is 3.53. The highest BCUT2D eigenvalue weighted by atomic mass is 16.6. The average molecular weight is 350 g/mol. The van der Waals surface area contributed by atoms with Crippen LogP contribution in [-0.4, -0.2) is 41.8 Å². The van der Waals surface area contributed by atoms with Crippen LogP contribution >= 0.6 is 0 Å². The Morgan fingerprint density at radius 1 is 1.12 bits per heavy atom. The number of ether oxygens (including phenoxy) is 2. The smallest absolute Gasteiger partial charge is 0.264 e. The van der Waals surface area contributed by atoms with Crippen LogP contribution in [0.15, 0.2) is 48.7 Å². The fourth-order valence-electron chi connectivity index (χ4n) is 3.60. The number of pyridine rings is 1. The third-order valence-electron chi connectivity index (χ3n) is 4.87. The Morgan fingerprint density at radius 2 is 2.00 bits per heavy atom. The first-order chi connectivity index (χ1) is 12.8. The lowest BCUT2D eigenvalue weighted by Crippen LogP contribution is -2.52. The van der Waals surface area contributed by atoms with Crippen molar-refractivity contribution in [3.05, 3.63) is 59.9 Å². The molecule has 0 bridgehead atoms. The van der Waals surface area contributed by atoms with Gasteiger partial charge in [-0.05, 0) is 30.3 Å². The number of fused-ring (bicyclic) bond motifs is 2. The van der Waals surface area contributed by atoms with Gasteiger partial charge in [-0.25, -0.2) is 5.43 Å². The number of hydrogen-bond acceptors (Lipinski definition) is 6. The van der Waals surface area contributed by atoms with Crippen LogP contribution in [-0.2, 0) is 4.79 Å². The highest BCUT2D eigenvalue weighted by Gasteiger charge is 2.41. The molecule has 1 saturated heterocycles. The molecule has 7 heteroatoms. The summed E-state index contributed by atoms with van der Waals surface area (Å²) < 4.78 is 11.2. The number of nitrogens with one attached hydrogen (secondary N) is 2. The topological polar surface area (TPSA) is 75.7 Å².